The molecular formula is C27H35N5O5S. The summed E-state index contributed by atoms with van der Waals surface area (Å²) in [5.74, 6) is 0.610. The molecule has 3 rings (SSSR count). The van der Waals surface area contributed by atoms with Gasteiger partial charge in [-0.05, 0) is 49.6 Å². The lowest BCUT2D eigenvalue weighted by Crippen LogP contribution is -2.43. The van der Waals surface area contributed by atoms with Crippen LogP contribution in [0.3, 0.4) is 0 Å². The standard InChI is InChI=1S/C27H35N5O5S/c1-18-12-23(37-7)13-19(2)27(18)38(35,36)32(6)17-25(33)28-14-26(34)31(5)15-21-8-10-22(11-9-21)24-16-30(4)20(3)29-24/h8-13,16H,14-15,17H2,1-7H3,(H,28,33). The van der Waals surface area contributed by atoms with E-state index in [1.54, 1.807) is 33.0 Å². The second-order valence-corrected chi connectivity index (χ2v) is 11.3. The Bertz CT molecular complexity index is 1390. The lowest BCUT2D eigenvalue weighted by Gasteiger charge is -2.21. The maximum atomic E-state index is 13.1. The summed E-state index contributed by atoms with van der Waals surface area (Å²) >= 11 is 0. The lowest BCUT2D eigenvalue weighted by molar-refractivity contribution is -0.132. The Balaban J connectivity index is 1.54. The van der Waals surface area contributed by atoms with Crippen molar-refractivity contribution in [2.24, 2.45) is 7.05 Å². The molecule has 2 aromatic carbocycles. The number of hydrogen-bond donors (Lipinski definition) is 1. The molecule has 1 N–H and O–H groups in total. The molecule has 0 bridgehead atoms. The normalized spacial score (nSPS) is 11.5. The van der Waals surface area contributed by atoms with Gasteiger partial charge in [0.1, 0.15) is 11.6 Å². The molecule has 11 heteroatoms. The maximum Gasteiger partial charge on any atom is 0.243 e. The van der Waals surface area contributed by atoms with Crippen LogP contribution in [0.4, 0.5) is 0 Å². The molecule has 10 nitrogen and oxygen atoms in total. The first kappa shape index (κ1) is 28.9. The first-order chi connectivity index (χ1) is 17.8. The predicted molar refractivity (Wildman–Crippen MR) is 145 cm³/mol. The van der Waals surface area contributed by atoms with Gasteiger partial charge in [-0.15, -0.1) is 0 Å². The Morgan fingerprint density at radius 1 is 1.05 bits per heavy atom. The van der Waals surface area contributed by atoms with Crippen molar-refractivity contribution in [3.8, 4) is 17.0 Å². The predicted octanol–water partition coefficient (Wildman–Crippen LogP) is 2.42. The Morgan fingerprint density at radius 3 is 2.18 bits per heavy atom. The van der Waals surface area contributed by atoms with Crippen molar-refractivity contribution in [1.82, 2.24) is 24.1 Å². The number of aromatic nitrogens is 2. The van der Waals surface area contributed by atoms with Crippen LogP contribution in [0.5, 0.6) is 5.75 Å². The van der Waals surface area contributed by atoms with E-state index in [1.165, 1.54) is 19.1 Å². The van der Waals surface area contributed by atoms with Crippen molar-refractivity contribution >= 4 is 21.8 Å². The second-order valence-electron chi connectivity index (χ2n) is 9.36. The molecule has 0 saturated carbocycles. The molecule has 0 radical (unpaired) electrons. The van der Waals surface area contributed by atoms with Gasteiger partial charge in [0.05, 0.1) is 30.8 Å². The van der Waals surface area contributed by atoms with Crippen molar-refractivity contribution in [3.05, 3.63) is 65.1 Å². The van der Waals surface area contributed by atoms with E-state index >= 15 is 0 Å². The fourth-order valence-electron chi connectivity index (χ4n) is 4.08. The van der Waals surface area contributed by atoms with E-state index in [1.807, 2.05) is 49.0 Å². The van der Waals surface area contributed by atoms with Crippen LogP contribution in [-0.2, 0) is 33.2 Å². The largest absolute Gasteiger partial charge is 0.497 e. The summed E-state index contributed by atoms with van der Waals surface area (Å²) in [6, 6.07) is 11.1. The Kier molecular flexibility index (Phi) is 8.95. The van der Waals surface area contributed by atoms with E-state index in [-0.39, 0.29) is 17.3 Å². The second kappa shape index (κ2) is 11.8. The minimum absolute atomic E-state index is 0.133. The molecule has 3 aromatic rings. The highest BCUT2D eigenvalue weighted by Crippen LogP contribution is 2.27. The molecule has 0 aliphatic heterocycles. The number of imidazole rings is 1. The van der Waals surface area contributed by atoms with Crippen LogP contribution in [0.2, 0.25) is 0 Å². The third-order valence-corrected chi connectivity index (χ3v) is 8.45. The quantitative estimate of drug-likeness (QED) is 0.422. The van der Waals surface area contributed by atoms with E-state index in [4.69, 9.17) is 4.74 Å². The molecule has 1 aromatic heterocycles. The number of nitrogens with one attached hydrogen (secondary N) is 1. The van der Waals surface area contributed by atoms with Gasteiger partial charge in [-0.3, -0.25) is 9.59 Å². The number of nitrogens with zero attached hydrogens (tertiary/aromatic N) is 4. The van der Waals surface area contributed by atoms with Crippen molar-refractivity contribution in [1.29, 1.82) is 0 Å². The first-order valence-corrected chi connectivity index (χ1v) is 13.5. The van der Waals surface area contributed by atoms with Gasteiger partial charge in [-0.1, -0.05) is 24.3 Å². The number of amides is 2. The Labute approximate surface area is 224 Å². The zero-order chi connectivity index (χ0) is 28.2. The fourth-order valence-corrected chi connectivity index (χ4v) is 5.61. The van der Waals surface area contributed by atoms with Gasteiger partial charge in [-0.2, -0.15) is 4.31 Å². The summed E-state index contributed by atoms with van der Waals surface area (Å²) in [6.07, 6.45) is 1.96. The number of carbonyl (C=O) groups excluding carboxylic acids is 2. The van der Waals surface area contributed by atoms with Crippen LogP contribution in [0.1, 0.15) is 22.5 Å². The van der Waals surface area contributed by atoms with Crippen LogP contribution in [-0.4, -0.2) is 73.3 Å². The van der Waals surface area contributed by atoms with E-state index in [9.17, 15) is 18.0 Å². The molecule has 1 heterocycles. The maximum absolute atomic E-state index is 13.1. The average Bonchev–Trinajstić information content (AvgIpc) is 3.20. The fraction of sp³-hybridized carbons (Fsp3) is 0.370. The van der Waals surface area contributed by atoms with Gasteiger partial charge in [0.15, 0.2) is 0 Å². The third-order valence-electron chi connectivity index (χ3n) is 6.34. The number of ether oxygens (including phenoxy) is 1. The van der Waals surface area contributed by atoms with Crippen LogP contribution < -0.4 is 10.1 Å². The summed E-state index contributed by atoms with van der Waals surface area (Å²) in [4.78, 5) is 31.2. The third kappa shape index (κ3) is 6.59. The van der Waals surface area contributed by atoms with Gasteiger partial charge >= 0.3 is 0 Å². The summed E-state index contributed by atoms with van der Waals surface area (Å²) < 4.78 is 34.4. The van der Waals surface area contributed by atoms with Crippen molar-refractivity contribution in [2.75, 3.05) is 34.3 Å². The summed E-state index contributed by atoms with van der Waals surface area (Å²) in [5.41, 5.74) is 3.84. The van der Waals surface area contributed by atoms with Crippen LogP contribution in [0.15, 0.2) is 47.5 Å². The molecule has 204 valence electrons. The number of rotatable bonds is 10. The number of hydrogen-bond acceptors (Lipinski definition) is 6. The summed E-state index contributed by atoms with van der Waals surface area (Å²) in [6.45, 7) is 5.00. The van der Waals surface area contributed by atoms with Crippen LogP contribution >= 0.6 is 0 Å². The molecule has 0 saturated heterocycles. The highest BCUT2D eigenvalue weighted by atomic mass is 32.2. The number of carbonyl (C=O) groups is 2. The van der Waals surface area contributed by atoms with E-state index in [2.05, 4.69) is 10.3 Å². The topological polar surface area (TPSA) is 114 Å². The highest BCUT2D eigenvalue weighted by Gasteiger charge is 2.27. The number of sulfonamides is 1. The van der Waals surface area contributed by atoms with E-state index in [0.29, 0.717) is 23.4 Å². The molecule has 2 amide bonds. The molecule has 0 aliphatic carbocycles. The Morgan fingerprint density at radius 2 is 1.66 bits per heavy atom. The molecular weight excluding hydrogens is 506 g/mol. The average molecular weight is 542 g/mol. The van der Waals surface area contributed by atoms with Gasteiger partial charge in [-0.25, -0.2) is 13.4 Å². The van der Waals surface area contributed by atoms with E-state index < -0.39 is 22.5 Å². The van der Waals surface area contributed by atoms with Gasteiger partial charge < -0.3 is 19.5 Å². The lowest BCUT2D eigenvalue weighted by atomic mass is 10.1. The van der Waals surface area contributed by atoms with Crippen LogP contribution in [0.25, 0.3) is 11.3 Å². The van der Waals surface area contributed by atoms with Crippen molar-refractivity contribution < 1.29 is 22.7 Å². The number of benzene rings is 2. The van der Waals surface area contributed by atoms with Crippen molar-refractivity contribution in [3.63, 3.8) is 0 Å². The van der Waals surface area contributed by atoms with Crippen molar-refractivity contribution in [2.45, 2.75) is 32.2 Å². The molecule has 0 fully saturated rings. The molecule has 0 aliphatic rings. The summed E-state index contributed by atoms with van der Waals surface area (Å²) in [5, 5.41) is 2.52. The zero-order valence-corrected chi connectivity index (χ0v) is 23.7. The van der Waals surface area contributed by atoms with E-state index in [0.717, 1.165) is 27.0 Å². The number of likely N-dealkylation sites (N-methyl/N-ethyl adjacent to an activating group) is 2. The van der Waals surface area contributed by atoms with Gasteiger partial charge in [0, 0.05) is 39.4 Å². The molecule has 0 atom stereocenters. The molecule has 0 unspecified atom stereocenters. The SMILES string of the molecule is COc1cc(C)c(S(=O)(=O)N(C)CC(=O)NCC(=O)N(C)Cc2ccc(-c3cn(C)c(C)n3)cc2)c(C)c1. The van der Waals surface area contributed by atoms with Gasteiger partial charge in [0.2, 0.25) is 21.8 Å². The monoisotopic (exact) mass is 541 g/mol. The smallest absolute Gasteiger partial charge is 0.243 e. The number of methoxy groups -OCH3 is 1. The zero-order valence-electron chi connectivity index (χ0n) is 22.9. The van der Waals surface area contributed by atoms with Gasteiger partial charge in [0.25, 0.3) is 0 Å². The molecule has 0 spiro atoms. The number of aryl methyl sites for hydroxylation is 4. The minimum Gasteiger partial charge on any atom is -0.497 e. The minimum atomic E-state index is -3.92. The Hall–Kier alpha value is -3.70. The first-order valence-electron chi connectivity index (χ1n) is 12.0. The summed E-state index contributed by atoms with van der Waals surface area (Å²) in [7, 11) is 2.51. The van der Waals surface area contributed by atoms with Crippen LogP contribution in [0, 0.1) is 20.8 Å². The highest BCUT2D eigenvalue weighted by molar-refractivity contribution is 7.89. The molecule has 38 heavy (non-hydrogen) atoms.